The van der Waals surface area contributed by atoms with Crippen molar-refractivity contribution in [1.29, 1.82) is 0 Å². The molecule has 3 heterocycles. The van der Waals surface area contributed by atoms with Crippen molar-refractivity contribution in [2.75, 3.05) is 24.1 Å². The highest BCUT2D eigenvalue weighted by Crippen LogP contribution is 2.31. The van der Waals surface area contributed by atoms with Gasteiger partial charge in [-0.3, -0.25) is 9.48 Å². The van der Waals surface area contributed by atoms with E-state index in [2.05, 4.69) is 38.4 Å². The average Bonchev–Trinajstić information content (AvgIpc) is 3.22. The molecule has 0 atom stereocenters. The Balaban J connectivity index is 1.50. The number of carbonyl (C=O) groups excluding carboxylic acids is 1. The average molecular weight is 401 g/mol. The summed E-state index contributed by atoms with van der Waals surface area (Å²) in [5, 5.41) is 7.94. The van der Waals surface area contributed by atoms with E-state index in [4.69, 9.17) is 12.2 Å². The Morgan fingerprint density at radius 2 is 2.00 bits per heavy atom. The number of benzene rings is 1. The predicted octanol–water partition coefficient (Wildman–Crippen LogP) is 2.01. The molecular weight excluding hydrogens is 378 g/mol. The molecule has 1 saturated heterocycles. The predicted molar refractivity (Wildman–Crippen MR) is 115 cm³/mol. The van der Waals surface area contributed by atoms with Gasteiger partial charge in [0.15, 0.2) is 0 Å². The lowest BCUT2D eigenvalue weighted by atomic mass is 10.0. The zero-order valence-electron chi connectivity index (χ0n) is 16.5. The van der Waals surface area contributed by atoms with E-state index < -0.39 is 0 Å². The van der Waals surface area contributed by atoms with E-state index in [1.807, 2.05) is 29.1 Å². The van der Waals surface area contributed by atoms with Gasteiger partial charge in [0.2, 0.25) is 0 Å². The number of nitrogens with zero attached hydrogens (tertiary/aromatic N) is 5. The van der Waals surface area contributed by atoms with Gasteiger partial charge in [0.05, 0.1) is 18.3 Å². The van der Waals surface area contributed by atoms with E-state index in [9.17, 15) is 4.79 Å². The first kappa shape index (κ1) is 19.5. The molecule has 3 N–H and O–H groups in total. The molecule has 0 spiro atoms. The van der Waals surface area contributed by atoms with Crippen LogP contribution in [0.25, 0.3) is 11.1 Å². The SMILES string of the molecule is C#CC(=O)N1CCC(Nc2ncnc(N)c2-c2cnn(Cc3ccccc3)c2)CC1. The number of nitrogens with two attached hydrogens (primary N) is 1. The van der Waals surface area contributed by atoms with Crippen LogP contribution in [0.1, 0.15) is 18.4 Å². The zero-order chi connectivity index (χ0) is 20.9. The molecule has 152 valence electrons. The zero-order valence-corrected chi connectivity index (χ0v) is 16.5. The summed E-state index contributed by atoms with van der Waals surface area (Å²) in [4.78, 5) is 22.0. The highest BCUT2D eigenvalue weighted by atomic mass is 16.2. The second kappa shape index (κ2) is 8.66. The molecule has 2 aromatic heterocycles. The molecule has 1 amide bonds. The van der Waals surface area contributed by atoms with Crippen LogP contribution < -0.4 is 11.1 Å². The van der Waals surface area contributed by atoms with Gasteiger partial charge < -0.3 is 16.0 Å². The van der Waals surface area contributed by atoms with Gasteiger partial charge in [-0.15, -0.1) is 6.42 Å². The summed E-state index contributed by atoms with van der Waals surface area (Å²) in [6.07, 6.45) is 12.0. The van der Waals surface area contributed by atoms with Crippen LogP contribution in [0.15, 0.2) is 49.1 Å². The number of likely N-dealkylation sites (tertiary alicyclic amines) is 1. The minimum Gasteiger partial charge on any atom is -0.383 e. The van der Waals surface area contributed by atoms with Gasteiger partial charge >= 0.3 is 0 Å². The van der Waals surface area contributed by atoms with Crippen LogP contribution >= 0.6 is 0 Å². The lowest BCUT2D eigenvalue weighted by Crippen LogP contribution is -2.42. The molecule has 1 fully saturated rings. The van der Waals surface area contributed by atoms with Crippen molar-refractivity contribution in [2.45, 2.75) is 25.4 Å². The molecule has 0 radical (unpaired) electrons. The third-order valence-electron chi connectivity index (χ3n) is 5.23. The summed E-state index contributed by atoms with van der Waals surface area (Å²) < 4.78 is 1.87. The van der Waals surface area contributed by atoms with Crippen LogP contribution in [0.5, 0.6) is 0 Å². The van der Waals surface area contributed by atoms with Crippen molar-refractivity contribution in [3.05, 3.63) is 54.6 Å². The smallest absolute Gasteiger partial charge is 0.298 e. The van der Waals surface area contributed by atoms with Gasteiger partial charge in [0, 0.05) is 30.9 Å². The van der Waals surface area contributed by atoms with Gasteiger partial charge in [-0.1, -0.05) is 30.3 Å². The Hall–Kier alpha value is -3.86. The number of rotatable bonds is 5. The summed E-state index contributed by atoms with van der Waals surface area (Å²) >= 11 is 0. The molecule has 0 bridgehead atoms. The summed E-state index contributed by atoms with van der Waals surface area (Å²) in [5.41, 5.74) is 8.95. The van der Waals surface area contributed by atoms with Crippen LogP contribution in [0.3, 0.4) is 0 Å². The highest BCUT2D eigenvalue weighted by molar-refractivity contribution is 5.93. The Kier molecular flexibility index (Phi) is 5.61. The Morgan fingerprint density at radius 3 is 2.73 bits per heavy atom. The minimum absolute atomic E-state index is 0.166. The van der Waals surface area contributed by atoms with Gasteiger partial charge in [0.1, 0.15) is 18.0 Å². The third kappa shape index (κ3) is 4.25. The number of anilines is 2. The van der Waals surface area contributed by atoms with Crippen LogP contribution in [0.2, 0.25) is 0 Å². The van der Waals surface area contributed by atoms with E-state index in [1.54, 1.807) is 11.1 Å². The first-order valence-electron chi connectivity index (χ1n) is 9.83. The molecule has 8 heteroatoms. The number of hydrogen-bond acceptors (Lipinski definition) is 6. The molecule has 3 aromatic rings. The summed E-state index contributed by atoms with van der Waals surface area (Å²) in [5.74, 6) is 2.98. The molecule has 8 nitrogen and oxygen atoms in total. The maximum Gasteiger partial charge on any atom is 0.298 e. The summed E-state index contributed by atoms with van der Waals surface area (Å²) in [6, 6.07) is 10.3. The maximum absolute atomic E-state index is 11.7. The number of nitrogens with one attached hydrogen (secondary N) is 1. The molecular formula is C22H23N7O. The highest BCUT2D eigenvalue weighted by Gasteiger charge is 2.23. The van der Waals surface area contributed by atoms with Gasteiger partial charge in [-0.25, -0.2) is 9.97 Å². The summed E-state index contributed by atoms with van der Waals surface area (Å²) in [6.45, 7) is 1.90. The first-order valence-corrected chi connectivity index (χ1v) is 9.83. The molecule has 0 unspecified atom stereocenters. The number of piperidine rings is 1. The van der Waals surface area contributed by atoms with Crippen LogP contribution in [0, 0.1) is 12.3 Å². The standard InChI is InChI=1S/C22H23N7O/c1-2-19(30)28-10-8-18(9-11-28)27-22-20(21(23)24-15-25-22)17-12-26-29(14-17)13-16-6-4-3-5-7-16/h1,3-7,12,14-15,18H,8-11,13H2,(H3,23,24,25,27). The molecule has 1 aliphatic rings. The second-order valence-corrected chi connectivity index (χ2v) is 7.25. The lowest BCUT2D eigenvalue weighted by molar-refractivity contribution is -0.126. The van der Waals surface area contributed by atoms with Crippen molar-refractivity contribution < 1.29 is 4.79 Å². The second-order valence-electron chi connectivity index (χ2n) is 7.25. The summed E-state index contributed by atoms with van der Waals surface area (Å²) in [7, 11) is 0. The van der Waals surface area contributed by atoms with Crippen molar-refractivity contribution in [1.82, 2.24) is 24.6 Å². The van der Waals surface area contributed by atoms with Gasteiger partial charge in [0.25, 0.3) is 5.91 Å². The van der Waals surface area contributed by atoms with E-state index in [0.29, 0.717) is 31.3 Å². The number of terminal acetylenes is 1. The van der Waals surface area contributed by atoms with E-state index in [-0.39, 0.29) is 11.9 Å². The van der Waals surface area contributed by atoms with Crippen LogP contribution in [-0.2, 0) is 11.3 Å². The van der Waals surface area contributed by atoms with Crippen molar-refractivity contribution in [2.24, 2.45) is 0 Å². The maximum atomic E-state index is 11.7. The normalized spacial score (nSPS) is 14.3. The molecule has 30 heavy (non-hydrogen) atoms. The first-order chi connectivity index (χ1) is 14.6. The molecule has 1 aromatic carbocycles. The number of hydrogen-bond donors (Lipinski definition) is 2. The number of aromatic nitrogens is 4. The van der Waals surface area contributed by atoms with Crippen molar-refractivity contribution in [3.63, 3.8) is 0 Å². The molecule has 1 aliphatic heterocycles. The van der Waals surface area contributed by atoms with Crippen LogP contribution in [0.4, 0.5) is 11.6 Å². The monoisotopic (exact) mass is 401 g/mol. The minimum atomic E-state index is -0.258. The molecule has 0 aliphatic carbocycles. The fourth-order valence-corrected chi connectivity index (χ4v) is 3.65. The Labute approximate surface area is 175 Å². The van der Waals surface area contributed by atoms with Crippen molar-refractivity contribution >= 4 is 17.5 Å². The van der Waals surface area contributed by atoms with Gasteiger partial charge in [-0.2, -0.15) is 5.10 Å². The lowest BCUT2D eigenvalue weighted by Gasteiger charge is -2.31. The number of nitrogen functional groups attached to an aromatic ring is 1. The fourth-order valence-electron chi connectivity index (χ4n) is 3.65. The molecule has 4 rings (SSSR count). The number of amides is 1. The van der Waals surface area contributed by atoms with Crippen LogP contribution in [-0.4, -0.2) is 49.7 Å². The van der Waals surface area contributed by atoms with Gasteiger partial charge in [-0.05, 0) is 24.3 Å². The van der Waals surface area contributed by atoms with E-state index in [1.165, 1.54) is 6.33 Å². The molecule has 0 saturated carbocycles. The topological polar surface area (TPSA) is 102 Å². The Bertz CT molecular complexity index is 1060. The van der Waals surface area contributed by atoms with E-state index >= 15 is 0 Å². The Morgan fingerprint density at radius 1 is 1.23 bits per heavy atom. The largest absolute Gasteiger partial charge is 0.383 e. The quantitative estimate of drug-likeness (QED) is 0.634. The van der Waals surface area contributed by atoms with E-state index in [0.717, 1.165) is 29.5 Å². The fraction of sp³-hybridized carbons (Fsp3) is 0.273. The van der Waals surface area contributed by atoms with Crippen molar-refractivity contribution in [3.8, 4) is 23.5 Å². The number of carbonyl (C=O) groups is 1. The third-order valence-corrected chi connectivity index (χ3v) is 5.23.